The third-order valence-electron chi connectivity index (χ3n) is 6.91. The lowest BCUT2D eigenvalue weighted by Gasteiger charge is -2.33. The molecule has 42 heavy (non-hydrogen) atoms. The first kappa shape index (κ1) is 30.0. The molecule has 0 radical (unpaired) electrons. The van der Waals surface area contributed by atoms with E-state index in [-0.39, 0.29) is 42.5 Å². The van der Waals surface area contributed by atoms with E-state index in [4.69, 9.17) is 9.26 Å². The zero-order chi connectivity index (χ0) is 30.0. The van der Waals surface area contributed by atoms with Crippen molar-refractivity contribution in [2.45, 2.75) is 64.5 Å². The molecule has 1 aliphatic heterocycles. The summed E-state index contributed by atoms with van der Waals surface area (Å²) in [4.78, 5) is 20.2. The lowest BCUT2D eigenvalue weighted by molar-refractivity contribution is -0.139. The molecule has 1 aliphatic rings. The zero-order valence-electron chi connectivity index (χ0n) is 23.4. The van der Waals surface area contributed by atoms with Crippen molar-refractivity contribution in [2.24, 2.45) is 0 Å². The number of halogens is 4. The number of fused-ring (bicyclic) bond motifs is 1. The zero-order valence-corrected chi connectivity index (χ0v) is 24.2. The van der Waals surface area contributed by atoms with Gasteiger partial charge in [0.2, 0.25) is 11.7 Å². The lowest BCUT2D eigenvalue weighted by atomic mass is 10.0. The summed E-state index contributed by atoms with van der Waals surface area (Å²) in [5, 5.41) is 10.3. The second kappa shape index (κ2) is 12.4. The molecule has 1 fully saturated rings. The number of amides is 1. The third kappa shape index (κ3) is 7.10. The van der Waals surface area contributed by atoms with Gasteiger partial charge in [0.25, 0.3) is 5.91 Å². The smallest absolute Gasteiger partial charge is 0.379 e. The molecule has 0 saturated carbocycles. The molecule has 1 saturated heterocycles. The maximum absolute atomic E-state index is 14.7. The van der Waals surface area contributed by atoms with E-state index in [1.54, 1.807) is 30.3 Å². The minimum Gasteiger partial charge on any atom is -0.379 e. The van der Waals surface area contributed by atoms with Crippen LogP contribution in [0.3, 0.4) is 0 Å². The Morgan fingerprint density at radius 2 is 2.07 bits per heavy atom. The highest BCUT2D eigenvalue weighted by Gasteiger charge is 2.32. The molecule has 1 amide bonds. The van der Waals surface area contributed by atoms with Crippen LogP contribution in [0.4, 0.5) is 23.2 Å². The van der Waals surface area contributed by atoms with Crippen LogP contribution in [0.15, 0.2) is 40.9 Å². The van der Waals surface area contributed by atoms with E-state index in [2.05, 4.69) is 20.8 Å². The van der Waals surface area contributed by atoms with Gasteiger partial charge in [-0.15, -0.1) is 11.3 Å². The highest BCUT2D eigenvalue weighted by molar-refractivity contribution is 7.14. The number of anilines is 1. The quantitative estimate of drug-likeness (QED) is 0.226. The third-order valence-corrected chi connectivity index (χ3v) is 7.97. The summed E-state index contributed by atoms with van der Waals surface area (Å²) in [6.45, 7) is 3.84. The number of rotatable bonds is 10. The summed E-state index contributed by atoms with van der Waals surface area (Å²) in [6, 6.07) is 9.50. The first-order chi connectivity index (χ1) is 20.0. The van der Waals surface area contributed by atoms with Gasteiger partial charge in [-0.05, 0) is 57.6 Å². The Balaban J connectivity index is 1.36. The van der Waals surface area contributed by atoms with Crippen molar-refractivity contribution in [2.75, 3.05) is 25.5 Å². The molecule has 1 aromatic carbocycles. The van der Waals surface area contributed by atoms with Gasteiger partial charge in [0.1, 0.15) is 12.7 Å². The topological polar surface area (TPSA) is 97.4 Å². The maximum atomic E-state index is 14.7. The van der Waals surface area contributed by atoms with Gasteiger partial charge < -0.3 is 29.4 Å². The second-order valence-corrected chi connectivity index (χ2v) is 11.8. The molecule has 4 aromatic rings. The van der Waals surface area contributed by atoms with Gasteiger partial charge >= 0.3 is 6.18 Å². The Bertz CT molecular complexity index is 1530. The van der Waals surface area contributed by atoms with Gasteiger partial charge in [-0.2, -0.15) is 18.2 Å². The van der Waals surface area contributed by atoms with Crippen LogP contribution in [-0.4, -0.2) is 70.1 Å². The van der Waals surface area contributed by atoms with Gasteiger partial charge in [0, 0.05) is 29.0 Å². The molecule has 0 aliphatic carbocycles. The van der Waals surface area contributed by atoms with Crippen LogP contribution in [0, 0.1) is 0 Å². The van der Waals surface area contributed by atoms with Crippen LogP contribution in [-0.2, 0) is 24.4 Å². The fourth-order valence-electron chi connectivity index (χ4n) is 4.86. The number of alkyl halides is 4. The van der Waals surface area contributed by atoms with E-state index in [9.17, 15) is 22.4 Å². The number of hydrogen-bond acceptors (Lipinski definition) is 8. The second-order valence-electron chi connectivity index (χ2n) is 10.6. The molecule has 0 bridgehead atoms. The monoisotopic (exact) mass is 608 g/mol. The number of ether oxygens (including phenoxy) is 1. The lowest BCUT2D eigenvalue weighted by Crippen LogP contribution is -2.46. The number of thiophene rings is 1. The molecule has 0 unspecified atom stereocenters. The number of nitrogens with zero attached hydrogens (tertiary/aromatic N) is 4. The number of piperidine rings is 1. The standard InChI is InChI=1S/C28H32F4N6O3S/c1-16(2)40-14-17-7-8-24(42-17)27(39)33-12-25-35-26(36-41-25)23-11-18-20(34-21-9-10-37(3)13-19(21)29)5-4-6-22(18)38(23)15-28(30,31)32/h4-8,11,16,19,21,34H,9-10,12-15H2,1-3H3,(H,33,39)/t19-,21+/m0/s1. The van der Waals surface area contributed by atoms with E-state index >= 15 is 0 Å². The van der Waals surface area contributed by atoms with Crippen LogP contribution >= 0.6 is 11.3 Å². The van der Waals surface area contributed by atoms with Crippen LogP contribution < -0.4 is 10.6 Å². The number of hydrogen-bond donors (Lipinski definition) is 2. The average Bonchev–Trinajstić information content (AvgIpc) is 3.66. The summed E-state index contributed by atoms with van der Waals surface area (Å²) in [6.07, 6.45) is -5.03. The predicted molar refractivity (Wildman–Crippen MR) is 151 cm³/mol. The minimum absolute atomic E-state index is 0.0343. The molecule has 226 valence electrons. The van der Waals surface area contributed by atoms with Crippen LogP contribution in [0.25, 0.3) is 22.4 Å². The average molecular weight is 609 g/mol. The Hall–Kier alpha value is -3.49. The molecule has 9 nitrogen and oxygen atoms in total. The first-order valence-corrected chi connectivity index (χ1v) is 14.4. The van der Waals surface area contributed by atoms with Crippen LogP contribution in [0.1, 0.15) is 40.7 Å². The molecular formula is C28H32F4N6O3S. The molecule has 2 N–H and O–H groups in total. The Morgan fingerprint density at radius 3 is 2.81 bits per heavy atom. The summed E-state index contributed by atoms with van der Waals surface area (Å²) < 4.78 is 67.6. The maximum Gasteiger partial charge on any atom is 0.406 e. The van der Waals surface area contributed by atoms with Crippen molar-refractivity contribution in [3.8, 4) is 11.5 Å². The first-order valence-electron chi connectivity index (χ1n) is 13.6. The number of nitrogens with one attached hydrogen (secondary N) is 2. The summed E-state index contributed by atoms with van der Waals surface area (Å²) >= 11 is 1.30. The Morgan fingerprint density at radius 1 is 1.26 bits per heavy atom. The molecule has 3 aromatic heterocycles. The van der Waals surface area contributed by atoms with Crippen molar-refractivity contribution in [1.29, 1.82) is 0 Å². The molecule has 2 atom stereocenters. The van der Waals surface area contributed by atoms with Gasteiger partial charge in [0.05, 0.1) is 41.4 Å². The number of aromatic nitrogens is 3. The number of likely N-dealkylation sites (tertiary alicyclic amines) is 1. The summed E-state index contributed by atoms with van der Waals surface area (Å²) in [5.74, 6) is -0.373. The minimum atomic E-state index is -4.53. The van der Waals surface area contributed by atoms with Crippen molar-refractivity contribution < 1.29 is 31.6 Å². The van der Waals surface area contributed by atoms with E-state index in [1.807, 2.05) is 31.9 Å². The molecule has 4 heterocycles. The molecule has 5 rings (SSSR count). The number of benzene rings is 1. The van der Waals surface area contributed by atoms with Crippen LogP contribution in [0.2, 0.25) is 0 Å². The predicted octanol–water partition coefficient (Wildman–Crippen LogP) is 5.62. The van der Waals surface area contributed by atoms with Gasteiger partial charge in [0.15, 0.2) is 0 Å². The fraction of sp³-hybridized carbons (Fsp3) is 0.464. The highest BCUT2D eigenvalue weighted by atomic mass is 32.1. The molecule has 14 heteroatoms. The fourth-order valence-corrected chi connectivity index (χ4v) is 5.71. The van der Waals surface area contributed by atoms with Crippen LogP contribution in [0.5, 0.6) is 0 Å². The number of carbonyl (C=O) groups is 1. The van der Waals surface area contributed by atoms with E-state index in [0.29, 0.717) is 41.0 Å². The Labute approximate surface area is 243 Å². The Kier molecular flexibility index (Phi) is 8.85. The van der Waals surface area contributed by atoms with Gasteiger partial charge in [-0.25, -0.2) is 4.39 Å². The van der Waals surface area contributed by atoms with Crippen molar-refractivity contribution in [1.82, 2.24) is 24.9 Å². The van der Waals surface area contributed by atoms with E-state index in [0.717, 1.165) is 9.44 Å². The number of carbonyl (C=O) groups excluding carboxylic acids is 1. The van der Waals surface area contributed by atoms with Crippen molar-refractivity contribution in [3.63, 3.8) is 0 Å². The summed E-state index contributed by atoms with van der Waals surface area (Å²) in [7, 11) is 1.85. The highest BCUT2D eigenvalue weighted by Crippen LogP contribution is 2.35. The largest absolute Gasteiger partial charge is 0.406 e. The van der Waals surface area contributed by atoms with E-state index < -0.39 is 24.9 Å². The summed E-state index contributed by atoms with van der Waals surface area (Å²) in [5.41, 5.74) is 0.911. The normalized spacial score (nSPS) is 18.2. The van der Waals surface area contributed by atoms with Crippen molar-refractivity contribution >= 4 is 33.8 Å². The van der Waals surface area contributed by atoms with E-state index in [1.165, 1.54) is 11.3 Å². The van der Waals surface area contributed by atoms with Gasteiger partial charge in [-0.3, -0.25) is 4.79 Å². The SMILES string of the molecule is CC(C)OCc1ccc(C(=O)NCc2nc(-c3cc4c(N[C@@H]5CCN(C)C[C@@H]5F)cccc4n3CC(F)(F)F)no2)s1. The van der Waals surface area contributed by atoms with Crippen molar-refractivity contribution in [3.05, 3.63) is 52.0 Å². The molecular weight excluding hydrogens is 576 g/mol. The van der Waals surface area contributed by atoms with Gasteiger partial charge in [-0.1, -0.05) is 11.2 Å². The molecule has 0 spiro atoms.